The van der Waals surface area contributed by atoms with E-state index < -0.39 is 5.60 Å². The van der Waals surface area contributed by atoms with E-state index in [9.17, 15) is 4.79 Å². The first-order valence-electron chi connectivity index (χ1n) is 7.99. The van der Waals surface area contributed by atoms with E-state index in [2.05, 4.69) is 15.4 Å². The highest BCUT2D eigenvalue weighted by molar-refractivity contribution is 5.82. The van der Waals surface area contributed by atoms with Crippen molar-refractivity contribution in [3.8, 4) is 0 Å². The molecule has 2 rings (SSSR count). The van der Waals surface area contributed by atoms with Gasteiger partial charge in [0.1, 0.15) is 11.4 Å². The summed E-state index contributed by atoms with van der Waals surface area (Å²) in [5, 5.41) is 14.7. The van der Waals surface area contributed by atoms with Gasteiger partial charge in [-0.15, -0.1) is 0 Å². The second-order valence-electron chi connectivity index (χ2n) is 7.33. The van der Waals surface area contributed by atoms with Crippen LogP contribution in [-0.4, -0.2) is 52.8 Å². The SMILES string of the molecule is CC(C)(C)OC(=O)NC1CN(C2CCC(C(N)=NO)CC2)C1. The van der Waals surface area contributed by atoms with Crippen molar-refractivity contribution in [2.45, 2.75) is 64.1 Å². The molecule has 1 amide bonds. The third-order valence-electron chi connectivity index (χ3n) is 4.38. The molecular weight excluding hydrogens is 284 g/mol. The van der Waals surface area contributed by atoms with Gasteiger partial charge >= 0.3 is 6.09 Å². The van der Waals surface area contributed by atoms with E-state index in [1.165, 1.54) is 0 Å². The number of likely N-dealkylation sites (tertiary alicyclic amines) is 1. The molecule has 0 radical (unpaired) electrons. The number of amidine groups is 1. The Kier molecular flexibility index (Phi) is 5.16. The molecule has 0 aromatic carbocycles. The third kappa shape index (κ3) is 4.50. The molecule has 7 heteroatoms. The predicted molar refractivity (Wildman–Crippen MR) is 83.9 cm³/mol. The number of amides is 1. The highest BCUT2D eigenvalue weighted by atomic mass is 16.6. The fourth-order valence-corrected chi connectivity index (χ4v) is 3.19. The second-order valence-corrected chi connectivity index (χ2v) is 7.33. The van der Waals surface area contributed by atoms with Crippen molar-refractivity contribution in [3.05, 3.63) is 0 Å². The van der Waals surface area contributed by atoms with E-state index in [1.54, 1.807) is 0 Å². The second kappa shape index (κ2) is 6.73. The lowest BCUT2D eigenvalue weighted by atomic mass is 9.83. The van der Waals surface area contributed by atoms with Crippen molar-refractivity contribution in [2.24, 2.45) is 16.8 Å². The molecule has 0 spiro atoms. The topological polar surface area (TPSA) is 100 Å². The van der Waals surface area contributed by atoms with Gasteiger partial charge in [0.25, 0.3) is 0 Å². The number of nitrogens with zero attached hydrogens (tertiary/aromatic N) is 2. The number of oxime groups is 1. The van der Waals surface area contributed by atoms with Gasteiger partial charge in [-0.05, 0) is 46.5 Å². The summed E-state index contributed by atoms with van der Waals surface area (Å²) < 4.78 is 5.26. The minimum atomic E-state index is -0.458. The normalized spacial score (nSPS) is 28.0. The summed E-state index contributed by atoms with van der Waals surface area (Å²) in [6.07, 6.45) is 3.69. The molecule has 7 nitrogen and oxygen atoms in total. The number of carbonyl (C=O) groups excluding carboxylic acids is 1. The molecule has 1 heterocycles. The maximum atomic E-state index is 11.7. The van der Waals surface area contributed by atoms with Crippen LogP contribution >= 0.6 is 0 Å². The lowest BCUT2D eigenvalue weighted by molar-refractivity contribution is 0.0252. The van der Waals surface area contributed by atoms with Crippen molar-refractivity contribution in [1.29, 1.82) is 0 Å². The number of nitrogens with two attached hydrogens (primary N) is 1. The number of nitrogens with one attached hydrogen (secondary N) is 1. The zero-order valence-electron chi connectivity index (χ0n) is 13.7. The summed E-state index contributed by atoms with van der Waals surface area (Å²) >= 11 is 0. The largest absolute Gasteiger partial charge is 0.444 e. The van der Waals surface area contributed by atoms with E-state index >= 15 is 0 Å². The lowest BCUT2D eigenvalue weighted by Gasteiger charge is -2.46. The fraction of sp³-hybridized carbons (Fsp3) is 0.867. The molecule has 1 aliphatic heterocycles. The van der Waals surface area contributed by atoms with Gasteiger partial charge < -0.3 is 21.0 Å². The average molecular weight is 312 g/mol. The Morgan fingerprint density at radius 2 is 1.86 bits per heavy atom. The summed E-state index contributed by atoms with van der Waals surface area (Å²) in [7, 11) is 0. The van der Waals surface area contributed by atoms with Gasteiger partial charge in [0.05, 0.1) is 6.04 Å². The maximum absolute atomic E-state index is 11.7. The molecule has 1 saturated carbocycles. The van der Waals surface area contributed by atoms with E-state index in [0.29, 0.717) is 11.9 Å². The van der Waals surface area contributed by atoms with Gasteiger partial charge in [-0.2, -0.15) is 0 Å². The Labute approximate surface area is 131 Å². The number of hydrogen-bond donors (Lipinski definition) is 3. The summed E-state index contributed by atoms with van der Waals surface area (Å²) in [6, 6.07) is 0.719. The molecule has 0 atom stereocenters. The first-order chi connectivity index (χ1) is 10.3. The van der Waals surface area contributed by atoms with Crippen molar-refractivity contribution in [3.63, 3.8) is 0 Å². The van der Waals surface area contributed by atoms with Gasteiger partial charge in [-0.3, -0.25) is 4.90 Å². The third-order valence-corrected chi connectivity index (χ3v) is 4.38. The van der Waals surface area contributed by atoms with Gasteiger partial charge in [-0.1, -0.05) is 5.16 Å². The van der Waals surface area contributed by atoms with Crippen LogP contribution in [0.1, 0.15) is 46.5 Å². The zero-order chi connectivity index (χ0) is 16.3. The van der Waals surface area contributed by atoms with Crippen molar-refractivity contribution < 1.29 is 14.7 Å². The Morgan fingerprint density at radius 3 is 2.36 bits per heavy atom. The number of alkyl carbamates (subject to hydrolysis) is 1. The van der Waals surface area contributed by atoms with E-state index in [1.807, 2.05) is 20.8 Å². The van der Waals surface area contributed by atoms with Crippen LogP contribution in [0.5, 0.6) is 0 Å². The Hall–Kier alpha value is -1.50. The van der Waals surface area contributed by atoms with E-state index in [-0.39, 0.29) is 18.1 Å². The van der Waals surface area contributed by atoms with Crippen LogP contribution in [0.15, 0.2) is 5.16 Å². The highest BCUT2D eigenvalue weighted by Gasteiger charge is 2.36. The average Bonchev–Trinajstić information content (AvgIpc) is 2.40. The molecule has 2 aliphatic rings. The smallest absolute Gasteiger partial charge is 0.407 e. The van der Waals surface area contributed by atoms with Gasteiger partial charge in [0.2, 0.25) is 0 Å². The molecule has 4 N–H and O–H groups in total. The first-order valence-corrected chi connectivity index (χ1v) is 7.99. The zero-order valence-corrected chi connectivity index (χ0v) is 13.7. The minimum Gasteiger partial charge on any atom is -0.444 e. The molecule has 1 aliphatic carbocycles. The Bertz CT molecular complexity index is 419. The molecule has 1 saturated heterocycles. The number of hydrogen-bond acceptors (Lipinski definition) is 5. The van der Waals surface area contributed by atoms with E-state index in [4.69, 9.17) is 15.7 Å². The standard InChI is InChI=1S/C15H28N4O3/c1-15(2,3)22-14(20)17-11-8-19(9-11)12-6-4-10(5-7-12)13(16)18-21/h10-12,21H,4-9H2,1-3H3,(H2,16,18)(H,17,20). The van der Waals surface area contributed by atoms with Gasteiger partial charge in [-0.25, -0.2) is 4.79 Å². The van der Waals surface area contributed by atoms with Crippen LogP contribution in [0.2, 0.25) is 0 Å². The lowest BCUT2D eigenvalue weighted by Crippen LogP contribution is -2.63. The molecule has 0 bridgehead atoms. The summed E-state index contributed by atoms with van der Waals surface area (Å²) in [6.45, 7) is 7.33. The van der Waals surface area contributed by atoms with Crippen molar-refractivity contribution >= 4 is 11.9 Å². The van der Waals surface area contributed by atoms with Crippen LogP contribution in [0.4, 0.5) is 4.79 Å². The minimum absolute atomic E-state index is 0.177. The van der Waals surface area contributed by atoms with Crippen molar-refractivity contribution in [1.82, 2.24) is 10.2 Å². The molecule has 22 heavy (non-hydrogen) atoms. The van der Waals surface area contributed by atoms with Crippen molar-refractivity contribution in [2.75, 3.05) is 13.1 Å². The molecular formula is C15H28N4O3. The summed E-state index contributed by atoms with van der Waals surface area (Å²) in [5.74, 6) is 0.560. The summed E-state index contributed by atoms with van der Waals surface area (Å²) in [5.41, 5.74) is 5.21. The Balaban J connectivity index is 1.67. The number of carbonyl (C=O) groups is 1. The maximum Gasteiger partial charge on any atom is 0.407 e. The van der Waals surface area contributed by atoms with Crippen LogP contribution in [0.25, 0.3) is 0 Å². The number of rotatable bonds is 3. The molecule has 2 fully saturated rings. The summed E-state index contributed by atoms with van der Waals surface area (Å²) in [4.78, 5) is 14.1. The molecule has 0 aromatic heterocycles. The van der Waals surface area contributed by atoms with E-state index in [0.717, 1.165) is 38.8 Å². The van der Waals surface area contributed by atoms with Crippen LogP contribution < -0.4 is 11.1 Å². The predicted octanol–water partition coefficient (Wildman–Crippen LogP) is 1.50. The molecule has 126 valence electrons. The molecule has 0 aromatic rings. The highest BCUT2D eigenvalue weighted by Crippen LogP contribution is 2.30. The Morgan fingerprint density at radius 1 is 1.27 bits per heavy atom. The molecule has 0 unspecified atom stereocenters. The fourth-order valence-electron chi connectivity index (χ4n) is 3.19. The van der Waals surface area contributed by atoms with Gasteiger partial charge in [0.15, 0.2) is 0 Å². The van der Waals surface area contributed by atoms with Crippen LogP contribution in [-0.2, 0) is 4.74 Å². The van der Waals surface area contributed by atoms with Gasteiger partial charge in [0, 0.05) is 25.0 Å². The number of ether oxygens (including phenoxy) is 1. The van der Waals surface area contributed by atoms with Crippen LogP contribution in [0, 0.1) is 5.92 Å². The quantitative estimate of drug-likeness (QED) is 0.317. The van der Waals surface area contributed by atoms with Crippen LogP contribution in [0.3, 0.4) is 0 Å². The monoisotopic (exact) mass is 312 g/mol. The first kappa shape index (κ1) is 16.9.